The largest absolute Gasteiger partial charge is 0.476 e. The molecule has 3 rings (SSSR count). The fourth-order valence-electron chi connectivity index (χ4n) is 2.74. The van der Waals surface area contributed by atoms with E-state index in [4.69, 9.17) is 16.3 Å². The van der Waals surface area contributed by atoms with Gasteiger partial charge in [-0.1, -0.05) is 41.9 Å². The van der Waals surface area contributed by atoms with Crippen LogP contribution in [0.2, 0.25) is 5.02 Å². The van der Waals surface area contributed by atoms with Crippen molar-refractivity contribution in [2.75, 3.05) is 11.5 Å². The fourth-order valence-corrected chi connectivity index (χ4v) is 4.54. The number of carbonyl (C=O) groups is 1. The molecule has 0 unspecified atom stereocenters. The average molecular weight is 380 g/mol. The summed E-state index contributed by atoms with van der Waals surface area (Å²) in [6.45, 7) is 0. The molecular formula is C18H18ClNO4S. The molecular weight excluding hydrogens is 362 g/mol. The molecule has 1 aliphatic rings. The summed E-state index contributed by atoms with van der Waals surface area (Å²) < 4.78 is 29.0. The van der Waals surface area contributed by atoms with E-state index in [0.29, 0.717) is 22.8 Å². The zero-order chi connectivity index (χ0) is 17.9. The number of hydrogen-bond donors (Lipinski definition) is 1. The summed E-state index contributed by atoms with van der Waals surface area (Å²) in [6.07, 6.45) is -0.443. The minimum Gasteiger partial charge on any atom is -0.476 e. The Hall–Kier alpha value is -2.05. The number of rotatable bonds is 5. The third-order valence-corrected chi connectivity index (χ3v) is 6.01. The number of amides is 1. The lowest BCUT2D eigenvalue weighted by Gasteiger charge is -2.21. The van der Waals surface area contributed by atoms with Gasteiger partial charge in [-0.05, 0) is 30.7 Å². The van der Waals surface area contributed by atoms with Gasteiger partial charge in [-0.15, -0.1) is 0 Å². The van der Waals surface area contributed by atoms with Crippen LogP contribution in [0.1, 0.15) is 18.1 Å². The number of halogens is 1. The van der Waals surface area contributed by atoms with E-state index in [2.05, 4.69) is 5.32 Å². The number of carbonyl (C=O) groups excluding carboxylic acids is 1. The first-order valence-corrected chi connectivity index (χ1v) is 10.1. The maximum Gasteiger partial charge on any atom is 0.266 e. The van der Waals surface area contributed by atoms with Gasteiger partial charge < -0.3 is 10.1 Å². The van der Waals surface area contributed by atoms with Crippen molar-refractivity contribution in [1.29, 1.82) is 0 Å². The molecule has 1 heterocycles. The van der Waals surface area contributed by atoms with Crippen molar-refractivity contribution in [2.45, 2.75) is 18.6 Å². The molecule has 132 valence electrons. The molecule has 0 spiro atoms. The number of ether oxygens (including phenoxy) is 1. The van der Waals surface area contributed by atoms with Crippen LogP contribution in [-0.2, 0) is 14.6 Å². The Balaban J connectivity index is 1.78. The molecule has 0 saturated carbocycles. The maximum atomic E-state index is 12.7. The molecule has 2 atom stereocenters. The fraction of sp³-hybridized carbons (Fsp3) is 0.278. The van der Waals surface area contributed by atoms with Crippen molar-refractivity contribution in [2.24, 2.45) is 0 Å². The van der Waals surface area contributed by atoms with Crippen molar-refractivity contribution in [3.8, 4) is 5.75 Å². The maximum absolute atomic E-state index is 12.7. The average Bonchev–Trinajstić information content (AvgIpc) is 2.93. The number of hydrogen-bond acceptors (Lipinski definition) is 4. The van der Waals surface area contributed by atoms with E-state index in [-0.39, 0.29) is 23.5 Å². The van der Waals surface area contributed by atoms with E-state index in [1.54, 1.807) is 36.4 Å². The van der Waals surface area contributed by atoms with Crippen molar-refractivity contribution >= 4 is 27.3 Å². The third-order valence-electron chi connectivity index (χ3n) is 3.99. The lowest BCUT2D eigenvalue weighted by Crippen LogP contribution is -2.40. The molecule has 7 heteroatoms. The standard InChI is InChI=1S/C18H18ClNO4S/c19-14-6-8-16(9-7-14)24-17(13-4-2-1-3-5-13)18(21)20-15-10-11-25(22,23)12-15/h1-9,15,17H,10-12H2,(H,20,21)/t15-,17-/m0/s1. The van der Waals surface area contributed by atoms with Gasteiger partial charge in [-0.3, -0.25) is 4.79 Å². The van der Waals surface area contributed by atoms with Crippen LogP contribution < -0.4 is 10.1 Å². The first-order chi connectivity index (χ1) is 11.9. The molecule has 0 radical (unpaired) electrons. The molecule has 25 heavy (non-hydrogen) atoms. The molecule has 1 saturated heterocycles. The van der Waals surface area contributed by atoms with Crippen LogP contribution in [0.25, 0.3) is 0 Å². The van der Waals surface area contributed by atoms with E-state index in [1.807, 2.05) is 18.2 Å². The number of benzene rings is 2. The molecule has 2 aromatic rings. The van der Waals surface area contributed by atoms with Crippen LogP contribution in [0.5, 0.6) is 5.75 Å². The predicted molar refractivity (Wildman–Crippen MR) is 96.5 cm³/mol. The first kappa shape index (κ1) is 17.8. The highest BCUT2D eigenvalue weighted by atomic mass is 35.5. The van der Waals surface area contributed by atoms with Crippen molar-refractivity contribution < 1.29 is 17.9 Å². The summed E-state index contributed by atoms with van der Waals surface area (Å²) in [5.41, 5.74) is 0.691. The van der Waals surface area contributed by atoms with Gasteiger partial charge in [0.05, 0.1) is 11.5 Å². The van der Waals surface area contributed by atoms with Gasteiger partial charge in [0, 0.05) is 16.6 Å². The summed E-state index contributed by atoms with van der Waals surface area (Å²) in [5, 5.41) is 3.37. The topological polar surface area (TPSA) is 72.5 Å². The summed E-state index contributed by atoms with van der Waals surface area (Å²) in [7, 11) is -3.07. The van der Waals surface area contributed by atoms with Crippen molar-refractivity contribution in [1.82, 2.24) is 5.32 Å². The Kier molecular flexibility index (Phi) is 5.30. The Morgan fingerprint density at radius 1 is 1.12 bits per heavy atom. The zero-order valence-corrected chi connectivity index (χ0v) is 15.0. The Morgan fingerprint density at radius 2 is 1.80 bits per heavy atom. The summed E-state index contributed by atoms with van der Waals surface area (Å²) in [6, 6.07) is 15.4. The van der Waals surface area contributed by atoms with E-state index in [9.17, 15) is 13.2 Å². The molecule has 1 aliphatic heterocycles. The lowest BCUT2D eigenvalue weighted by molar-refractivity contribution is -0.128. The van der Waals surface area contributed by atoms with Gasteiger partial charge in [-0.25, -0.2) is 8.42 Å². The Labute approximate surface area is 151 Å². The quantitative estimate of drug-likeness (QED) is 0.867. The SMILES string of the molecule is O=C(N[C@H]1CCS(=O)(=O)C1)[C@@H](Oc1ccc(Cl)cc1)c1ccccc1. The van der Waals surface area contributed by atoms with Crippen LogP contribution in [0.3, 0.4) is 0 Å². The van der Waals surface area contributed by atoms with Crippen LogP contribution in [0.4, 0.5) is 0 Å². The van der Waals surface area contributed by atoms with Gasteiger partial charge in [0.25, 0.3) is 5.91 Å². The Morgan fingerprint density at radius 3 is 2.40 bits per heavy atom. The first-order valence-electron chi connectivity index (χ1n) is 7.91. The van der Waals surface area contributed by atoms with E-state index in [1.165, 1.54) is 0 Å². The van der Waals surface area contributed by atoms with Crippen molar-refractivity contribution in [3.05, 3.63) is 65.2 Å². The second kappa shape index (κ2) is 7.45. The normalized spacial score (nSPS) is 20.0. The highest BCUT2D eigenvalue weighted by molar-refractivity contribution is 7.91. The molecule has 2 aromatic carbocycles. The van der Waals surface area contributed by atoms with Crippen LogP contribution in [0, 0.1) is 0 Å². The van der Waals surface area contributed by atoms with E-state index >= 15 is 0 Å². The van der Waals surface area contributed by atoms with Gasteiger partial charge in [0.15, 0.2) is 9.84 Å². The van der Waals surface area contributed by atoms with E-state index < -0.39 is 15.9 Å². The number of nitrogens with one attached hydrogen (secondary N) is 1. The molecule has 1 N–H and O–H groups in total. The smallest absolute Gasteiger partial charge is 0.266 e. The monoisotopic (exact) mass is 379 g/mol. The van der Waals surface area contributed by atoms with Crippen LogP contribution >= 0.6 is 11.6 Å². The van der Waals surface area contributed by atoms with Crippen molar-refractivity contribution in [3.63, 3.8) is 0 Å². The second-order valence-electron chi connectivity index (χ2n) is 5.97. The molecule has 1 amide bonds. The minimum absolute atomic E-state index is 0.0266. The highest BCUT2D eigenvalue weighted by Gasteiger charge is 2.32. The molecule has 5 nitrogen and oxygen atoms in total. The van der Waals surface area contributed by atoms with Crippen LogP contribution in [-0.4, -0.2) is 31.9 Å². The molecule has 0 aromatic heterocycles. The summed E-state index contributed by atoms with van der Waals surface area (Å²) >= 11 is 5.88. The summed E-state index contributed by atoms with van der Waals surface area (Å²) in [4.78, 5) is 12.7. The Bertz CT molecular complexity index is 837. The molecule has 0 bridgehead atoms. The highest BCUT2D eigenvalue weighted by Crippen LogP contribution is 2.24. The van der Waals surface area contributed by atoms with Gasteiger partial charge in [-0.2, -0.15) is 0 Å². The summed E-state index contributed by atoms with van der Waals surface area (Å²) in [5.74, 6) is 0.225. The number of sulfone groups is 1. The lowest BCUT2D eigenvalue weighted by atomic mass is 10.1. The molecule has 0 aliphatic carbocycles. The van der Waals surface area contributed by atoms with Gasteiger partial charge in [0.2, 0.25) is 6.10 Å². The van der Waals surface area contributed by atoms with E-state index in [0.717, 1.165) is 0 Å². The zero-order valence-electron chi connectivity index (χ0n) is 13.4. The predicted octanol–water partition coefficient (Wildman–Crippen LogP) is 2.76. The molecule has 1 fully saturated rings. The van der Waals surface area contributed by atoms with Crippen LogP contribution in [0.15, 0.2) is 54.6 Å². The third kappa shape index (κ3) is 4.74. The second-order valence-corrected chi connectivity index (χ2v) is 8.64. The van der Waals surface area contributed by atoms with Gasteiger partial charge >= 0.3 is 0 Å². The van der Waals surface area contributed by atoms with Gasteiger partial charge in [0.1, 0.15) is 5.75 Å². The minimum atomic E-state index is -3.07.